The third-order valence-corrected chi connectivity index (χ3v) is 6.57. The number of hydrogen-bond donors (Lipinski definition) is 2. The molecule has 2 N–H and O–H groups in total. The minimum absolute atomic E-state index is 0.0691. The first-order valence-corrected chi connectivity index (χ1v) is 12.7. The summed E-state index contributed by atoms with van der Waals surface area (Å²) in [5.41, 5.74) is 2.53. The predicted molar refractivity (Wildman–Crippen MR) is 134 cm³/mol. The van der Waals surface area contributed by atoms with Crippen LogP contribution in [0.5, 0.6) is 0 Å². The third-order valence-electron chi connectivity index (χ3n) is 6.17. The van der Waals surface area contributed by atoms with Crippen molar-refractivity contribution < 1.29 is 14.3 Å². The van der Waals surface area contributed by atoms with Crippen LogP contribution in [0.25, 0.3) is 0 Å². The summed E-state index contributed by atoms with van der Waals surface area (Å²) in [6.07, 6.45) is 2.84. The predicted octanol–water partition coefficient (Wildman–Crippen LogP) is 1.93. The number of aromatic nitrogens is 1. The molecule has 0 bridgehead atoms. The highest BCUT2D eigenvalue weighted by Crippen LogP contribution is 2.29. The Bertz CT molecular complexity index is 764. The van der Waals surface area contributed by atoms with Crippen molar-refractivity contribution in [2.75, 3.05) is 72.2 Å². The van der Waals surface area contributed by atoms with E-state index in [-0.39, 0.29) is 11.8 Å². The molecule has 0 aromatic carbocycles. The van der Waals surface area contributed by atoms with E-state index in [1.165, 1.54) is 0 Å². The van der Waals surface area contributed by atoms with Gasteiger partial charge in [0.25, 0.3) is 5.91 Å². The summed E-state index contributed by atoms with van der Waals surface area (Å²) in [5, 5.41) is 7.21. The number of nitrogens with one attached hydrogen (secondary N) is 2. The summed E-state index contributed by atoms with van der Waals surface area (Å²) in [6, 6.07) is 3.82. The lowest BCUT2D eigenvalue weighted by Crippen LogP contribution is -2.47. The molecule has 0 aliphatic carbocycles. The normalized spacial score (nSPS) is 17.7. The molecule has 1 amide bonds. The fourth-order valence-corrected chi connectivity index (χ4v) is 4.56. The van der Waals surface area contributed by atoms with Gasteiger partial charge in [-0.2, -0.15) is 0 Å². The van der Waals surface area contributed by atoms with Crippen molar-refractivity contribution in [3.63, 3.8) is 0 Å². The summed E-state index contributed by atoms with van der Waals surface area (Å²) < 4.78 is 10.9. The number of nitrogens with zero attached hydrogens (tertiary/aromatic N) is 3. The molecule has 0 saturated carbocycles. The lowest BCUT2D eigenvalue weighted by molar-refractivity contribution is 0.0388. The molecule has 33 heavy (non-hydrogen) atoms. The molecule has 2 saturated heterocycles. The van der Waals surface area contributed by atoms with Gasteiger partial charge in [-0.1, -0.05) is 6.92 Å². The number of aryl methyl sites for hydroxylation is 1. The Morgan fingerprint density at radius 1 is 1.15 bits per heavy atom. The number of pyridine rings is 1. The van der Waals surface area contributed by atoms with E-state index in [0.29, 0.717) is 18.7 Å². The van der Waals surface area contributed by atoms with Gasteiger partial charge in [0, 0.05) is 64.0 Å². The maximum absolute atomic E-state index is 12.8. The Balaban J connectivity index is 1.47. The number of carbonyl (C=O) groups excluding carboxylic acids is 1. The van der Waals surface area contributed by atoms with Crippen LogP contribution in [0.2, 0.25) is 0 Å². The molecule has 184 valence electrons. The zero-order valence-corrected chi connectivity index (χ0v) is 20.9. The molecule has 9 heteroatoms. The highest BCUT2D eigenvalue weighted by Gasteiger charge is 2.27. The maximum Gasteiger partial charge on any atom is 0.253 e. The molecule has 0 radical (unpaired) electrons. The van der Waals surface area contributed by atoms with E-state index in [2.05, 4.69) is 27.4 Å². The van der Waals surface area contributed by atoms with Gasteiger partial charge >= 0.3 is 0 Å². The average Bonchev–Trinajstić information content (AvgIpc) is 2.84. The standard InChI is InChI=1S/C24H39N5O3S/c1-3-15-31-16-9-25-23(30)21-5-4-19(2)27-22(21)20-6-10-29(11-7-20)24(33)26-8-12-28-13-17-32-18-14-28/h4-5,20H,3,6-18H2,1-2H3,(H,25,30)(H,26,33). The molecule has 3 rings (SSSR count). The summed E-state index contributed by atoms with van der Waals surface area (Å²) >= 11 is 5.64. The van der Waals surface area contributed by atoms with Crippen LogP contribution in [-0.2, 0) is 9.47 Å². The van der Waals surface area contributed by atoms with E-state index in [0.717, 1.165) is 94.9 Å². The van der Waals surface area contributed by atoms with Gasteiger partial charge in [0.05, 0.1) is 31.1 Å². The second-order valence-corrected chi connectivity index (χ2v) is 9.09. The smallest absolute Gasteiger partial charge is 0.253 e. The Hall–Kier alpha value is -1.81. The number of piperidine rings is 1. The van der Waals surface area contributed by atoms with Crippen LogP contribution >= 0.6 is 12.2 Å². The number of hydrogen-bond acceptors (Lipinski definition) is 6. The van der Waals surface area contributed by atoms with Gasteiger partial charge < -0.3 is 25.0 Å². The Morgan fingerprint density at radius 3 is 2.64 bits per heavy atom. The van der Waals surface area contributed by atoms with Gasteiger partial charge in [-0.25, -0.2) is 0 Å². The van der Waals surface area contributed by atoms with E-state index in [1.54, 1.807) is 0 Å². The number of thiocarbonyl (C=S) groups is 1. The summed E-state index contributed by atoms with van der Waals surface area (Å²) in [6.45, 7) is 13.0. The van der Waals surface area contributed by atoms with Crippen LogP contribution in [0, 0.1) is 6.92 Å². The SMILES string of the molecule is CCCOCCNC(=O)c1ccc(C)nc1C1CCN(C(=S)NCCN2CCOCC2)CC1. The molecule has 0 atom stereocenters. The van der Waals surface area contributed by atoms with Crippen molar-refractivity contribution in [3.05, 3.63) is 29.1 Å². The van der Waals surface area contributed by atoms with E-state index in [1.807, 2.05) is 19.1 Å². The van der Waals surface area contributed by atoms with Crippen LogP contribution in [0.4, 0.5) is 0 Å². The second kappa shape index (κ2) is 13.8. The highest BCUT2D eigenvalue weighted by molar-refractivity contribution is 7.80. The van der Waals surface area contributed by atoms with Crippen molar-refractivity contribution in [2.24, 2.45) is 0 Å². The van der Waals surface area contributed by atoms with Crippen molar-refractivity contribution in [3.8, 4) is 0 Å². The molecule has 3 heterocycles. The lowest BCUT2D eigenvalue weighted by atomic mass is 9.90. The van der Waals surface area contributed by atoms with E-state index in [9.17, 15) is 4.79 Å². The number of amides is 1. The molecular weight excluding hydrogens is 438 g/mol. The van der Waals surface area contributed by atoms with Crippen molar-refractivity contribution in [2.45, 2.75) is 39.0 Å². The van der Waals surface area contributed by atoms with Gasteiger partial charge in [-0.05, 0) is 50.5 Å². The summed E-state index contributed by atoms with van der Waals surface area (Å²) in [7, 11) is 0. The van der Waals surface area contributed by atoms with Gasteiger partial charge in [-0.3, -0.25) is 14.7 Å². The average molecular weight is 478 g/mol. The van der Waals surface area contributed by atoms with Gasteiger partial charge in [0.2, 0.25) is 0 Å². The third kappa shape index (κ3) is 8.17. The monoisotopic (exact) mass is 477 g/mol. The first kappa shape index (κ1) is 25.8. The summed E-state index contributed by atoms with van der Waals surface area (Å²) in [4.78, 5) is 22.2. The van der Waals surface area contributed by atoms with Gasteiger partial charge in [-0.15, -0.1) is 0 Å². The zero-order valence-electron chi connectivity index (χ0n) is 20.1. The topological polar surface area (TPSA) is 79.0 Å². The zero-order chi connectivity index (χ0) is 23.5. The fraction of sp³-hybridized carbons (Fsp3) is 0.708. The van der Waals surface area contributed by atoms with Crippen LogP contribution in [0.3, 0.4) is 0 Å². The number of rotatable bonds is 10. The van der Waals surface area contributed by atoms with Crippen LogP contribution in [-0.4, -0.2) is 98.0 Å². The highest BCUT2D eigenvalue weighted by atomic mass is 32.1. The quantitative estimate of drug-likeness (QED) is 0.391. The molecule has 2 aliphatic heterocycles. The molecule has 0 unspecified atom stereocenters. The van der Waals surface area contributed by atoms with Crippen LogP contribution < -0.4 is 10.6 Å². The van der Waals surface area contributed by atoms with Crippen LogP contribution in [0.15, 0.2) is 12.1 Å². The van der Waals surface area contributed by atoms with Crippen molar-refractivity contribution >= 4 is 23.2 Å². The van der Waals surface area contributed by atoms with Gasteiger partial charge in [0.1, 0.15) is 0 Å². The van der Waals surface area contributed by atoms with Crippen molar-refractivity contribution in [1.82, 2.24) is 25.4 Å². The summed E-state index contributed by atoms with van der Waals surface area (Å²) in [5.74, 6) is 0.190. The number of carbonyl (C=O) groups is 1. The molecule has 1 aromatic rings. The Labute approximate surface area is 203 Å². The Morgan fingerprint density at radius 2 is 1.91 bits per heavy atom. The molecule has 8 nitrogen and oxygen atoms in total. The first-order valence-electron chi connectivity index (χ1n) is 12.2. The minimum Gasteiger partial charge on any atom is -0.380 e. The van der Waals surface area contributed by atoms with E-state index < -0.39 is 0 Å². The van der Waals surface area contributed by atoms with E-state index >= 15 is 0 Å². The first-order chi connectivity index (χ1) is 16.1. The number of likely N-dealkylation sites (tertiary alicyclic amines) is 1. The lowest BCUT2D eigenvalue weighted by Gasteiger charge is -2.34. The molecule has 2 aliphatic rings. The number of morpholine rings is 1. The van der Waals surface area contributed by atoms with Gasteiger partial charge in [0.15, 0.2) is 5.11 Å². The fourth-order valence-electron chi connectivity index (χ4n) is 4.27. The van der Waals surface area contributed by atoms with Crippen molar-refractivity contribution in [1.29, 1.82) is 0 Å². The Kier molecular flexibility index (Phi) is 10.8. The van der Waals surface area contributed by atoms with Crippen LogP contribution in [0.1, 0.15) is 53.8 Å². The second-order valence-electron chi connectivity index (χ2n) is 8.70. The molecule has 1 aromatic heterocycles. The number of ether oxygens (including phenoxy) is 2. The minimum atomic E-state index is -0.0691. The maximum atomic E-state index is 12.8. The van der Waals surface area contributed by atoms with E-state index in [4.69, 9.17) is 26.7 Å². The largest absolute Gasteiger partial charge is 0.380 e. The molecule has 0 spiro atoms. The molecular formula is C24H39N5O3S. The molecule has 2 fully saturated rings.